The SMILES string of the molecule is CC(Cc1cccc(C(F)(F)F)c1)NCCOC(=O)c1ccccc1.CN1CCCC1CCOC(C)(c1ccccc1)c1ccc(Cl)cc1.Cl.O=C(O)C=CC(=O)O. The van der Waals surface area contributed by atoms with Gasteiger partial charge in [0.05, 0.1) is 11.1 Å². The lowest BCUT2D eigenvalue weighted by molar-refractivity contribution is -0.137. The summed E-state index contributed by atoms with van der Waals surface area (Å²) < 4.78 is 49.7. The first-order chi connectivity index (χ1) is 27.1. The van der Waals surface area contributed by atoms with Crippen LogP contribution in [0, 0.1) is 0 Å². The number of carboxylic acids is 2. The number of halogens is 5. The normalized spacial score (nSPS) is 15.4. The fraction of sp³-hybridized carbons (Fsp3) is 0.341. The second-order valence-corrected chi connectivity index (χ2v) is 14.0. The van der Waals surface area contributed by atoms with E-state index >= 15 is 0 Å². The van der Waals surface area contributed by atoms with Crippen LogP contribution in [0.4, 0.5) is 13.2 Å². The molecular formula is C44H51Cl2F3N2O7. The Bertz CT molecular complexity index is 1850. The van der Waals surface area contributed by atoms with E-state index in [1.807, 2.05) is 31.2 Å². The van der Waals surface area contributed by atoms with Crippen LogP contribution in [0.2, 0.25) is 5.02 Å². The van der Waals surface area contributed by atoms with Crippen LogP contribution in [0.15, 0.2) is 121 Å². The summed E-state index contributed by atoms with van der Waals surface area (Å²) in [5.41, 5.74) is 2.30. The molecule has 1 aliphatic rings. The van der Waals surface area contributed by atoms with E-state index in [2.05, 4.69) is 60.6 Å². The number of ether oxygens (including phenoxy) is 2. The van der Waals surface area contributed by atoms with Crippen molar-refractivity contribution in [2.24, 2.45) is 0 Å². The zero-order valence-corrected chi connectivity index (χ0v) is 34.2. The number of rotatable bonds is 15. The topological polar surface area (TPSA) is 125 Å². The van der Waals surface area contributed by atoms with Gasteiger partial charge in [-0.2, -0.15) is 13.2 Å². The number of esters is 1. The molecule has 0 spiro atoms. The quantitative estimate of drug-likeness (QED) is 0.0610. The fourth-order valence-corrected chi connectivity index (χ4v) is 6.28. The Morgan fingerprint density at radius 1 is 0.862 bits per heavy atom. The highest BCUT2D eigenvalue weighted by molar-refractivity contribution is 6.30. The van der Waals surface area contributed by atoms with E-state index in [0.717, 1.165) is 35.7 Å². The zero-order valence-electron chi connectivity index (χ0n) is 32.7. The lowest BCUT2D eigenvalue weighted by atomic mass is 9.88. The summed E-state index contributed by atoms with van der Waals surface area (Å²) >= 11 is 6.07. The number of alkyl halides is 3. The zero-order chi connectivity index (χ0) is 41.8. The van der Waals surface area contributed by atoms with Gasteiger partial charge in [0.15, 0.2) is 0 Å². The molecular weight excluding hydrogens is 796 g/mol. The first-order valence-electron chi connectivity index (χ1n) is 18.5. The molecule has 0 bridgehead atoms. The summed E-state index contributed by atoms with van der Waals surface area (Å²) in [6, 6.07) is 33.0. The van der Waals surface area contributed by atoms with Crippen LogP contribution in [-0.2, 0) is 37.3 Å². The summed E-state index contributed by atoms with van der Waals surface area (Å²) in [6.07, 6.45) is 0.892. The molecule has 9 nitrogen and oxygen atoms in total. The third-order valence-electron chi connectivity index (χ3n) is 9.24. The van der Waals surface area contributed by atoms with Crippen LogP contribution in [0.25, 0.3) is 0 Å². The predicted molar refractivity (Wildman–Crippen MR) is 222 cm³/mol. The van der Waals surface area contributed by atoms with Crippen LogP contribution in [0.3, 0.4) is 0 Å². The third kappa shape index (κ3) is 17.4. The minimum absolute atomic E-state index is 0. The van der Waals surface area contributed by atoms with Crippen molar-refractivity contribution in [3.63, 3.8) is 0 Å². The summed E-state index contributed by atoms with van der Waals surface area (Å²) in [5, 5.41) is 19.5. The van der Waals surface area contributed by atoms with Crippen molar-refractivity contribution in [2.45, 2.75) is 63.4 Å². The smallest absolute Gasteiger partial charge is 0.416 e. The van der Waals surface area contributed by atoms with Crippen LogP contribution in [0.1, 0.15) is 65.7 Å². The highest BCUT2D eigenvalue weighted by atomic mass is 35.5. The lowest BCUT2D eigenvalue weighted by Gasteiger charge is -2.32. The summed E-state index contributed by atoms with van der Waals surface area (Å²) in [6.45, 7) is 6.61. The molecule has 1 aliphatic heterocycles. The van der Waals surface area contributed by atoms with E-state index in [0.29, 0.717) is 42.3 Å². The Morgan fingerprint density at radius 3 is 1.98 bits per heavy atom. The van der Waals surface area contributed by atoms with E-state index in [9.17, 15) is 27.6 Å². The van der Waals surface area contributed by atoms with E-state index in [1.54, 1.807) is 30.3 Å². The average molecular weight is 848 g/mol. The van der Waals surface area contributed by atoms with Crippen molar-refractivity contribution in [1.82, 2.24) is 10.2 Å². The van der Waals surface area contributed by atoms with Gasteiger partial charge in [-0.05, 0) is 100 Å². The number of carbonyl (C=O) groups is 3. The predicted octanol–water partition coefficient (Wildman–Crippen LogP) is 9.32. The first-order valence-corrected chi connectivity index (χ1v) is 18.9. The summed E-state index contributed by atoms with van der Waals surface area (Å²) in [4.78, 5) is 33.3. The van der Waals surface area contributed by atoms with Crippen molar-refractivity contribution in [3.8, 4) is 0 Å². The second kappa shape index (κ2) is 24.9. The number of carboxylic acid groups (broad SMARTS) is 2. The maximum atomic E-state index is 12.7. The molecule has 3 N–H and O–H groups in total. The molecule has 4 aromatic carbocycles. The largest absolute Gasteiger partial charge is 0.478 e. The molecule has 314 valence electrons. The molecule has 5 rings (SSSR count). The van der Waals surface area contributed by atoms with E-state index in [4.69, 9.17) is 31.3 Å². The van der Waals surface area contributed by atoms with Gasteiger partial charge in [0, 0.05) is 42.4 Å². The van der Waals surface area contributed by atoms with Gasteiger partial charge in [-0.3, -0.25) is 0 Å². The number of hydrogen-bond acceptors (Lipinski definition) is 7. The van der Waals surface area contributed by atoms with Gasteiger partial charge in [-0.25, -0.2) is 14.4 Å². The van der Waals surface area contributed by atoms with Gasteiger partial charge in [-0.1, -0.05) is 90.5 Å². The number of aliphatic carboxylic acids is 2. The maximum Gasteiger partial charge on any atom is 0.416 e. The Labute approximate surface area is 349 Å². The van der Waals surface area contributed by atoms with Gasteiger partial charge < -0.3 is 29.9 Å². The van der Waals surface area contributed by atoms with E-state index in [-0.39, 0.29) is 25.1 Å². The Kier molecular flexibility index (Phi) is 21.2. The molecule has 0 aliphatic carbocycles. The molecule has 0 aromatic heterocycles. The van der Waals surface area contributed by atoms with Crippen LogP contribution >= 0.6 is 24.0 Å². The molecule has 1 fully saturated rings. The van der Waals surface area contributed by atoms with Gasteiger partial charge in [0.1, 0.15) is 12.2 Å². The van der Waals surface area contributed by atoms with E-state index < -0.39 is 35.2 Å². The summed E-state index contributed by atoms with van der Waals surface area (Å²) in [5.74, 6) is -2.91. The first kappa shape index (κ1) is 49.4. The molecule has 0 amide bonds. The van der Waals surface area contributed by atoms with Gasteiger partial charge in [0.2, 0.25) is 0 Å². The second-order valence-electron chi connectivity index (χ2n) is 13.6. The minimum atomic E-state index is -4.34. The van der Waals surface area contributed by atoms with Gasteiger partial charge >= 0.3 is 24.1 Å². The number of likely N-dealkylation sites (tertiary alicyclic amines) is 1. The van der Waals surface area contributed by atoms with Gasteiger partial charge in [-0.15, -0.1) is 12.4 Å². The Morgan fingerprint density at radius 2 is 1.43 bits per heavy atom. The maximum absolute atomic E-state index is 12.7. The molecule has 0 saturated carbocycles. The minimum Gasteiger partial charge on any atom is -0.478 e. The van der Waals surface area contributed by atoms with Crippen LogP contribution in [0.5, 0.6) is 0 Å². The number of benzene rings is 4. The van der Waals surface area contributed by atoms with Gasteiger partial charge in [0.25, 0.3) is 0 Å². The van der Waals surface area contributed by atoms with Crippen molar-refractivity contribution in [2.75, 3.05) is 33.4 Å². The van der Waals surface area contributed by atoms with E-state index in [1.165, 1.54) is 31.0 Å². The van der Waals surface area contributed by atoms with Crippen LogP contribution < -0.4 is 5.32 Å². The molecule has 0 radical (unpaired) electrons. The Hall–Kier alpha value is -4.72. The number of carbonyl (C=O) groups excluding carboxylic acids is 1. The molecule has 1 saturated heterocycles. The van der Waals surface area contributed by atoms with Crippen molar-refractivity contribution in [1.29, 1.82) is 0 Å². The Balaban J connectivity index is 0.000000333. The number of nitrogens with one attached hydrogen (secondary N) is 1. The molecule has 3 atom stereocenters. The highest BCUT2D eigenvalue weighted by Crippen LogP contribution is 2.35. The number of hydrogen-bond donors (Lipinski definition) is 3. The van der Waals surface area contributed by atoms with Crippen molar-refractivity contribution >= 4 is 41.9 Å². The monoisotopic (exact) mass is 846 g/mol. The third-order valence-corrected chi connectivity index (χ3v) is 9.49. The molecule has 58 heavy (non-hydrogen) atoms. The molecule has 1 heterocycles. The molecule has 14 heteroatoms. The van der Waals surface area contributed by atoms with Crippen molar-refractivity contribution < 1.29 is 47.2 Å². The number of nitrogens with zero attached hydrogens (tertiary/aromatic N) is 1. The molecule has 4 aromatic rings. The van der Waals surface area contributed by atoms with Crippen LogP contribution in [-0.4, -0.2) is 78.5 Å². The fourth-order valence-electron chi connectivity index (χ4n) is 6.15. The summed E-state index contributed by atoms with van der Waals surface area (Å²) in [7, 11) is 2.22. The highest BCUT2D eigenvalue weighted by Gasteiger charge is 2.31. The lowest BCUT2D eigenvalue weighted by Crippen LogP contribution is -2.31. The standard InChI is InChI=1S/C21H26ClNO.C19H20F3NO2.C4H4O4.ClH/c1-21(17-7-4-3-5-8-17,18-10-12-19(22)13-11-18)24-16-14-20-9-6-15-23(20)2;1-14(12-15-6-5-9-17(13-15)19(20,21)22)23-10-11-25-18(24)16-7-3-2-4-8-16;5-3(6)1-2-4(7)8;/h3-5,7-8,10-13,20H,6,9,14-16H2,1-2H3;2-9,13-14,23H,10-12H2,1H3;1-2H,(H,5,6)(H,7,8);1H. The molecule has 3 unspecified atom stereocenters. The average Bonchev–Trinajstić information content (AvgIpc) is 3.60. The van der Waals surface area contributed by atoms with Crippen molar-refractivity contribution in [3.05, 3.63) is 154 Å².